The first-order valence-electron chi connectivity index (χ1n) is 15.8. The zero-order valence-electron chi connectivity index (χ0n) is 25.6. The molecule has 0 amide bonds. The second kappa shape index (κ2) is 12.7. The zero-order chi connectivity index (χ0) is 32.9. The second-order valence-electron chi connectivity index (χ2n) is 12.7. The first kappa shape index (κ1) is 31.8. The lowest BCUT2D eigenvalue weighted by Gasteiger charge is -2.40. The number of nitrogens with zero attached hydrogens (tertiary/aromatic N) is 5. The molecule has 250 valence electrons. The van der Waals surface area contributed by atoms with Crippen molar-refractivity contribution in [2.24, 2.45) is 11.8 Å². The first-order chi connectivity index (χ1) is 22.6. The number of aliphatic hydroxyl groups is 3. The number of rotatable bonds is 9. The maximum absolute atomic E-state index is 12.6. The van der Waals surface area contributed by atoms with Crippen molar-refractivity contribution in [2.75, 3.05) is 28.7 Å². The fourth-order valence-corrected chi connectivity index (χ4v) is 8.49. The number of aromatic nitrogens is 4. The van der Waals surface area contributed by atoms with Gasteiger partial charge in [-0.05, 0) is 75.3 Å². The molecule has 1 unspecified atom stereocenters. The van der Waals surface area contributed by atoms with Gasteiger partial charge in [0.25, 0.3) is 0 Å². The lowest BCUT2D eigenvalue weighted by molar-refractivity contribution is -0.274. The quantitative estimate of drug-likeness (QED) is 0.168. The molecule has 7 rings (SSSR count). The van der Waals surface area contributed by atoms with Crippen LogP contribution in [0.5, 0.6) is 5.75 Å². The summed E-state index contributed by atoms with van der Waals surface area (Å²) in [6, 6.07) is 8.05. The molecule has 3 aromatic heterocycles. The van der Waals surface area contributed by atoms with E-state index in [1.807, 2.05) is 13.0 Å². The van der Waals surface area contributed by atoms with Crippen molar-refractivity contribution in [3.8, 4) is 16.3 Å². The van der Waals surface area contributed by atoms with Crippen LogP contribution < -0.4 is 20.3 Å². The van der Waals surface area contributed by atoms with Gasteiger partial charge in [-0.2, -0.15) is 4.98 Å². The zero-order valence-corrected chi connectivity index (χ0v) is 26.4. The Labute approximate surface area is 272 Å². The van der Waals surface area contributed by atoms with E-state index < -0.39 is 30.5 Å². The molecule has 7 atom stereocenters. The molecule has 15 heteroatoms. The van der Waals surface area contributed by atoms with Crippen LogP contribution in [0.1, 0.15) is 37.8 Å². The summed E-state index contributed by atoms with van der Waals surface area (Å²) in [4.78, 5) is 20.9. The Kier molecular flexibility index (Phi) is 8.57. The minimum absolute atomic E-state index is 0.227. The van der Waals surface area contributed by atoms with Gasteiger partial charge in [0.1, 0.15) is 28.2 Å². The van der Waals surface area contributed by atoms with Crippen molar-refractivity contribution < 1.29 is 33.2 Å². The Morgan fingerprint density at radius 2 is 1.74 bits per heavy atom. The van der Waals surface area contributed by atoms with Gasteiger partial charge >= 0.3 is 6.36 Å². The first-order valence-corrected chi connectivity index (χ1v) is 16.6. The number of fused-ring (bicyclic) bond motifs is 3. The number of halogens is 3. The average Bonchev–Trinajstić information content (AvgIpc) is 3.66. The number of anilines is 3. The molecule has 3 fully saturated rings. The van der Waals surface area contributed by atoms with Gasteiger partial charge in [-0.25, -0.2) is 9.97 Å². The van der Waals surface area contributed by atoms with Gasteiger partial charge in [-0.15, -0.1) is 24.5 Å². The summed E-state index contributed by atoms with van der Waals surface area (Å²) in [6.45, 7) is 2.29. The second-order valence-corrected chi connectivity index (χ2v) is 13.7. The van der Waals surface area contributed by atoms with E-state index in [9.17, 15) is 28.5 Å². The molecule has 47 heavy (non-hydrogen) atoms. The largest absolute Gasteiger partial charge is 0.573 e. The van der Waals surface area contributed by atoms with Crippen LogP contribution in [0, 0.1) is 18.8 Å². The Morgan fingerprint density at radius 3 is 2.40 bits per heavy atom. The normalized spacial score (nSPS) is 27.4. The molecule has 0 radical (unpaired) electrons. The predicted octanol–water partition coefficient (Wildman–Crippen LogP) is 4.73. The van der Waals surface area contributed by atoms with Gasteiger partial charge in [0, 0.05) is 43.0 Å². The third-order valence-corrected chi connectivity index (χ3v) is 10.7. The number of aliphatic hydroxyl groups excluding tert-OH is 3. The van der Waals surface area contributed by atoms with Gasteiger partial charge in [0.2, 0.25) is 5.95 Å². The van der Waals surface area contributed by atoms with Crippen LogP contribution in [0.3, 0.4) is 0 Å². The number of thiazole rings is 1. The Hall–Kier alpha value is -3.79. The summed E-state index contributed by atoms with van der Waals surface area (Å²) in [5, 5.41) is 38.4. The topological polar surface area (TPSA) is 149 Å². The number of alkyl halides is 3. The van der Waals surface area contributed by atoms with E-state index >= 15 is 0 Å². The standard InChI is InChI=1S/C32H36F3N7O4S/c1-16-26(30-40-24-14-36-9-8-25(24)47-30)29(39-23-12-18(15-43)27(44)28(23)45)41-31(38-16)37-13-17-10-20-2-3-21(11-17)42(20)19-4-6-22(7-5-19)46-32(33,34)35/h4-9,14,17-18,20-21,23,27-28,43-45H,2-3,10-13,15H2,1H3,(H2,37,38,39,41)/t17?,18-,20-,21+,23-,27-,28+/m1/s1. The summed E-state index contributed by atoms with van der Waals surface area (Å²) < 4.78 is 42.9. The minimum Gasteiger partial charge on any atom is -0.406 e. The van der Waals surface area contributed by atoms with Crippen LogP contribution in [0.4, 0.5) is 30.6 Å². The lowest BCUT2D eigenvalue weighted by atomic mass is 9.90. The number of benzene rings is 1. The fourth-order valence-electron chi connectivity index (χ4n) is 7.46. The number of pyridine rings is 1. The van der Waals surface area contributed by atoms with Gasteiger partial charge in [0.05, 0.1) is 34.3 Å². The van der Waals surface area contributed by atoms with Crippen LogP contribution in [-0.2, 0) is 0 Å². The van der Waals surface area contributed by atoms with Crippen molar-refractivity contribution in [2.45, 2.75) is 75.7 Å². The van der Waals surface area contributed by atoms with Crippen molar-refractivity contribution in [3.63, 3.8) is 0 Å². The van der Waals surface area contributed by atoms with Crippen LogP contribution >= 0.6 is 11.3 Å². The van der Waals surface area contributed by atoms with Crippen LogP contribution in [0.15, 0.2) is 42.7 Å². The molecule has 3 aliphatic rings. The van der Waals surface area contributed by atoms with Gasteiger partial charge in [-0.3, -0.25) is 4.98 Å². The fraction of sp³-hybridized carbons (Fsp3) is 0.500. The number of hydrogen-bond acceptors (Lipinski definition) is 12. The molecule has 1 aromatic carbocycles. The summed E-state index contributed by atoms with van der Waals surface area (Å²) >= 11 is 1.49. The molecular weight excluding hydrogens is 635 g/mol. The Morgan fingerprint density at radius 1 is 1.00 bits per heavy atom. The molecule has 5 heterocycles. The summed E-state index contributed by atoms with van der Waals surface area (Å²) in [6.07, 6.45) is 0.794. The highest BCUT2D eigenvalue weighted by Crippen LogP contribution is 2.43. The molecule has 2 saturated heterocycles. The Balaban J connectivity index is 1.08. The third kappa shape index (κ3) is 6.53. The highest BCUT2D eigenvalue weighted by molar-refractivity contribution is 7.21. The molecule has 1 aliphatic carbocycles. The van der Waals surface area contributed by atoms with E-state index in [2.05, 4.69) is 25.3 Å². The van der Waals surface area contributed by atoms with E-state index in [-0.39, 0.29) is 24.4 Å². The average molecular weight is 672 g/mol. The van der Waals surface area contributed by atoms with Crippen molar-refractivity contribution in [1.29, 1.82) is 0 Å². The number of hydrogen-bond donors (Lipinski definition) is 5. The molecule has 0 spiro atoms. The summed E-state index contributed by atoms with van der Waals surface area (Å²) in [7, 11) is 0. The van der Waals surface area contributed by atoms with Crippen LogP contribution in [0.2, 0.25) is 0 Å². The van der Waals surface area contributed by atoms with Crippen molar-refractivity contribution in [3.05, 3.63) is 48.4 Å². The van der Waals surface area contributed by atoms with Crippen LogP contribution in [-0.4, -0.2) is 85.1 Å². The van der Waals surface area contributed by atoms with E-state index in [4.69, 9.17) is 15.0 Å². The molecule has 1 saturated carbocycles. The lowest BCUT2D eigenvalue weighted by Crippen LogP contribution is -2.44. The molecule has 2 bridgehead atoms. The van der Waals surface area contributed by atoms with Gasteiger partial charge < -0.3 is 35.6 Å². The summed E-state index contributed by atoms with van der Waals surface area (Å²) in [5.41, 5.74) is 3.04. The molecule has 4 aromatic rings. The van der Waals surface area contributed by atoms with E-state index in [0.29, 0.717) is 46.9 Å². The number of aryl methyl sites for hydroxylation is 1. The minimum atomic E-state index is -4.72. The third-order valence-electron chi connectivity index (χ3n) is 9.60. The Bertz CT molecular complexity index is 1680. The van der Waals surface area contributed by atoms with Crippen molar-refractivity contribution >= 4 is 39.0 Å². The molecule has 2 aliphatic heterocycles. The maximum atomic E-state index is 12.6. The number of nitrogens with one attached hydrogen (secondary N) is 2. The SMILES string of the molecule is Cc1nc(NCC2C[C@H]3CC[C@@H](C2)N3c2ccc(OC(F)(F)F)cc2)nc(N[C@@H]2C[C@H](CO)[C@@H](O)[C@H]2O)c1-c1nc2cnccc2s1. The smallest absolute Gasteiger partial charge is 0.406 e. The van der Waals surface area contributed by atoms with Crippen molar-refractivity contribution in [1.82, 2.24) is 19.9 Å². The highest BCUT2D eigenvalue weighted by atomic mass is 32.1. The van der Waals surface area contributed by atoms with Crippen LogP contribution in [0.25, 0.3) is 20.8 Å². The monoisotopic (exact) mass is 671 g/mol. The van der Waals surface area contributed by atoms with E-state index in [1.54, 1.807) is 24.5 Å². The predicted molar refractivity (Wildman–Crippen MR) is 171 cm³/mol. The van der Waals surface area contributed by atoms with E-state index in [1.165, 1.54) is 23.5 Å². The maximum Gasteiger partial charge on any atom is 0.573 e. The van der Waals surface area contributed by atoms with Gasteiger partial charge in [0.15, 0.2) is 0 Å². The molecule has 5 N–H and O–H groups in total. The molecule has 11 nitrogen and oxygen atoms in total. The highest BCUT2D eigenvalue weighted by Gasteiger charge is 2.43. The summed E-state index contributed by atoms with van der Waals surface area (Å²) in [5.74, 6) is 0.570. The number of ether oxygens (including phenoxy) is 1. The molecular formula is C32H36F3N7O4S. The number of piperidine rings is 1. The van der Waals surface area contributed by atoms with Gasteiger partial charge in [-0.1, -0.05) is 0 Å². The van der Waals surface area contributed by atoms with E-state index in [0.717, 1.165) is 41.6 Å².